The molecule has 0 atom stereocenters. The van der Waals surface area contributed by atoms with Crippen molar-refractivity contribution in [3.63, 3.8) is 0 Å². The Bertz CT molecular complexity index is 1770. The Morgan fingerprint density at radius 2 is 1.55 bits per heavy atom. The molecule has 11 heteroatoms. The molecule has 0 spiro atoms. The second kappa shape index (κ2) is 12.6. The van der Waals surface area contributed by atoms with Crippen molar-refractivity contribution in [2.24, 2.45) is 0 Å². The molecular weight excluding hydrogens is 572 g/mol. The van der Waals surface area contributed by atoms with Gasteiger partial charge in [-0.2, -0.15) is 10.2 Å². The third kappa shape index (κ3) is 7.71. The average Bonchev–Trinajstić information content (AvgIpc) is 2.98. The molecule has 1 fully saturated rings. The maximum Gasteiger partial charge on any atom is 0.241 e. The highest BCUT2D eigenvalue weighted by Gasteiger charge is 2.23. The summed E-state index contributed by atoms with van der Waals surface area (Å²) in [5, 5.41) is 15.8. The van der Waals surface area contributed by atoms with Crippen molar-refractivity contribution in [2.45, 2.75) is 38.1 Å². The van der Waals surface area contributed by atoms with E-state index < -0.39 is 15.6 Å². The van der Waals surface area contributed by atoms with Gasteiger partial charge in [0, 0.05) is 60.5 Å². The fraction of sp³-hybridized carbons (Fsp3) is 0.303. The summed E-state index contributed by atoms with van der Waals surface area (Å²) in [6, 6.07) is 22.5. The minimum Gasteiger partial charge on any atom is -0.369 e. The van der Waals surface area contributed by atoms with Crippen LogP contribution in [0.15, 0.2) is 77.8 Å². The largest absolute Gasteiger partial charge is 0.369 e. The van der Waals surface area contributed by atoms with E-state index >= 15 is 0 Å². The van der Waals surface area contributed by atoms with Crippen LogP contribution in [0.5, 0.6) is 0 Å². The molecule has 44 heavy (non-hydrogen) atoms. The van der Waals surface area contributed by atoms with Crippen LogP contribution < -0.4 is 20.3 Å². The van der Waals surface area contributed by atoms with E-state index in [0.29, 0.717) is 28.6 Å². The van der Waals surface area contributed by atoms with Crippen molar-refractivity contribution in [1.29, 1.82) is 5.26 Å². The second-order valence-corrected chi connectivity index (χ2v) is 13.8. The quantitative estimate of drug-likeness (QED) is 0.232. The maximum absolute atomic E-state index is 13.4. The number of anilines is 5. The summed E-state index contributed by atoms with van der Waals surface area (Å²) in [4.78, 5) is 14.0. The fourth-order valence-electron chi connectivity index (χ4n) is 4.91. The number of hydrogen-bond donors (Lipinski definition) is 3. The van der Waals surface area contributed by atoms with E-state index in [0.717, 1.165) is 43.0 Å². The molecule has 0 aliphatic carbocycles. The third-order valence-corrected chi connectivity index (χ3v) is 8.97. The fourth-order valence-corrected chi connectivity index (χ4v) is 6.40. The lowest BCUT2D eigenvalue weighted by Gasteiger charge is -2.34. The first-order valence-electron chi connectivity index (χ1n) is 14.5. The summed E-state index contributed by atoms with van der Waals surface area (Å²) in [7, 11) is -1.70. The Labute approximate surface area is 259 Å². The highest BCUT2D eigenvalue weighted by Crippen LogP contribution is 2.31. The molecule has 10 nitrogen and oxygen atoms in total. The van der Waals surface area contributed by atoms with Crippen LogP contribution in [0.25, 0.3) is 11.1 Å². The number of benzene rings is 3. The van der Waals surface area contributed by atoms with E-state index in [1.54, 1.807) is 63.4 Å². The summed E-state index contributed by atoms with van der Waals surface area (Å²) >= 11 is 0. The summed E-state index contributed by atoms with van der Waals surface area (Å²) in [5.41, 5.74) is 4.71. The van der Waals surface area contributed by atoms with Gasteiger partial charge in [0.25, 0.3) is 0 Å². The van der Waals surface area contributed by atoms with Crippen molar-refractivity contribution in [1.82, 2.24) is 19.6 Å². The number of nitriles is 1. The number of nitrogens with zero attached hydrogens (tertiary/aromatic N) is 5. The van der Waals surface area contributed by atoms with Gasteiger partial charge < -0.3 is 20.4 Å². The van der Waals surface area contributed by atoms with Crippen LogP contribution in [-0.4, -0.2) is 62.1 Å². The molecule has 0 saturated carbocycles. The Balaban J connectivity index is 1.42. The second-order valence-electron chi connectivity index (χ2n) is 12.1. The Morgan fingerprint density at radius 1 is 0.864 bits per heavy atom. The first-order valence-corrected chi connectivity index (χ1v) is 16.0. The Hall–Kier alpha value is -4.50. The highest BCUT2D eigenvalue weighted by atomic mass is 32.2. The summed E-state index contributed by atoms with van der Waals surface area (Å²) in [6.07, 6.45) is 1.72. The zero-order valence-electron chi connectivity index (χ0n) is 25.7. The van der Waals surface area contributed by atoms with Gasteiger partial charge in [-0.3, -0.25) is 0 Å². The van der Waals surface area contributed by atoms with Crippen LogP contribution in [0.3, 0.4) is 0 Å². The molecule has 1 aliphatic heterocycles. The molecule has 1 aliphatic rings. The van der Waals surface area contributed by atoms with Crippen LogP contribution in [0, 0.1) is 18.3 Å². The van der Waals surface area contributed by atoms with Gasteiger partial charge in [-0.05, 0) is 100 Å². The van der Waals surface area contributed by atoms with Gasteiger partial charge in [0.2, 0.25) is 16.0 Å². The Morgan fingerprint density at radius 3 is 2.18 bits per heavy atom. The molecule has 228 valence electrons. The zero-order valence-corrected chi connectivity index (χ0v) is 26.5. The van der Waals surface area contributed by atoms with E-state index in [1.165, 1.54) is 5.69 Å². The summed E-state index contributed by atoms with van der Waals surface area (Å²) < 4.78 is 29.5. The lowest BCUT2D eigenvalue weighted by Crippen LogP contribution is -2.44. The molecule has 3 aromatic carbocycles. The standard InChI is InChI=1S/C33H38N8O2S/c1-23-22-35-32(37-27-10-12-29(13-11-27)41-16-14-40(5)15-17-41)38-31(23)36-28-18-26(25-8-6-24(21-34)7-9-25)19-30(20-28)44(42,43)39-33(2,3)4/h6-13,18-20,22,39H,14-17H2,1-5H3,(H2,35,36,37,38). The number of piperazine rings is 1. The van der Waals surface area contributed by atoms with Crippen LogP contribution in [-0.2, 0) is 10.0 Å². The number of hydrogen-bond acceptors (Lipinski definition) is 9. The molecule has 0 unspecified atom stereocenters. The normalized spacial score (nSPS) is 14.2. The van der Waals surface area contributed by atoms with E-state index in [9.17, 15) is 13.7 Å². The molecule has 0 bridgehead atoms. The molecule has 2 heterocycles. The molecule has 1 saturated heterocycles. The number of sulfonamides is 1. The number of aryl methyl sites for hydroxylation is 1. The van der Waals surface area contributed by atoms with Gasteiger partial charge in [0.1, 0.15) is 5.82 Å². The summed E-state index contributed by atoms with van der Waals surface area (Å²) in [6.45, 7) is 11.4. The third-order valence-electron chi connectivity index (χ3n) is 7.23. The predicted octanol–water partition coefficient (Wildman–Crippen LogP) is 5.64. The van der Waals surface area contributed by atoms with Gasteiger partial charge >= 0.3 is 0 Å². The van der Waals surface area contributed by atoms with Gasteiger partial charge in [0.05, 0.1) is 16.5 Å². The molecule has 1 aromatic heterocycles. The minimum absolute atomic E-state index is 0.113. The Kier molecular flexibility index (Phi) is 8.87. The van der Waals surface area contributed by atoms with Crippen LogP contribution in [0.2, 0.25) is 0 Å². The molecular formula is C33H38N8O2S. The average molecular weight is 611 g/mol. The van der Waals surface area contributed by atoms with Gasteiger partial charge in [-0.25, -0.2) is 18.1 Å². The van der Waals surface area contributed by atoms with Crippen LogP contribution in [0.4, 0.5) is 28.8 Å². The van der Waals surface area contributed by atoms with Gasteiger partial charge in [0.15, 0.2) is 0 Å². The topological polar surface area (TPSA) is 126 Å². The highest BCUT2D eigenvalue weighted by molar-refractivity contribution is 7.89. The lowest BCUT2D eigenvalue weighted by molar-refractivity contribution is 0.313. The van der Waals surface area contributed by atoms with Gasteiger partial charge in [-0.15, -0.1) is 0 Å². The smallest absolute Gasteiger partial charge is 0.241 e. The molecule has 0 radical (unpaired) electrons. The van der Waals surface area contributed by atoms with Gasteiger partial charge in [-0.1, -0.05) is 12.1 Å². The SMILES string of the molecule is Cc1cnc(Nc2ccc(N3CCN(C)CC3)cc2)nc1Nc1cc(-c2ccc(C#N)cc2)cc(S(=O)(=O)NC(C)(C)C)c1. The van der Waals surface area contributed by atoms with Crippen molar-refractivity contribution < 1.29 is 8.42 Å². The summed E-state index contributed by atoms with van der Waals surface area (Å²) in [5.74, 6) is 0.955. The van der Waals surface area contributed by atoms with E-state index in [-0.39, 0.29) is 4.90 Å². The van der Waals surface area contributed by atoms with Crippen LogP contribution in [0.1, 0.15) is 31.9 Å². The zero-order chi connectivity index (χ0) is 31.5. The minimum atomic E-state index is -3.84. The van der Waals surface area contributed by atoms with E-state index in [2.05, 4.69) is 55.4 Å². The first-order chi connectivity index (χ1) is 20.9. The predicted molar refractivity (Wildman–Crippen MR) is 176 cm³/mol. The lowest BCUT2D eigenvalue weighted by atomic mass is 10.0. The monoisotopic (exact) mass is 610 g/mol. The molecule has 4 aromatic rings. The number of rotatable bonds is 8. The number of likely N-dealkylation sites (N-methyl/N-ethyl adjacent to an activating group) is 1. The number of nitrogens with one attached hydrogen (secondary N) is 3. The number of aromatic nitrogens is 2. The molecule has 0 amide bonds. The maximum atomic E-state index is 13.4. The van der Waals surface area contributed by atoms with E-state index in [1.807, 2.05) is 25.1 Å². The van der Waals surface area contributed by atoms with Crippen molar-refractivity contribution >= 4 is 38.9 Å². The molecule has 5 rings (SSSR count). The van der Waals surface area contributed by atoms with Crippen molar-refractivity contribution in [3.8, 4) is 17.2 Å². The van der Waals surface area contributed by atoms with Crippen molar-refractivity contribution in [2.75, 3.05) is 48.8 Å². The first kappa shape index (κ1) is 30.9. The van der Waals surface area contributed by atoms with Crippen molar-refractivity contribution in [3.05, 3.63) is 84.1 Å². The molecule has 3 N–H and O–H groups in total. The van der Waals surface area contributed by atoms with E-state index in [4.69, 9.17) is 4.98 Å². The van der Waals surface area contributed by atoms with Crippen LogP contribution >= 0.6 is 0 Å².